The standard InChI is InChI=1S/C18H16FN3O3S/c1-12-6-8-13(9-7-12)24-11-17-21-22(18(26)25-17)10-16(23)20-15-5-3-2-4-14(15)19/h2-9H,10-11H2,1H3,(H,20,23). The van der Waals surface area contributed by atoms with Gasteiger partial charge in [-0.15, -0.1) is 5.10 Å². The van der Waals surface area contributed by atoms with Gasteiger partial charge in [-0.3, -0.25) is 4.79 Å². The van der Waals surface area contributed by atoms with Crippen LogP contribution in [0.2, 0.25) is 0 Å². The number of hydrogen-bond acceptors (Lipinski definition) is 5. The molecular formula is C18H16FN3O3S. The Hall–Kier alpha value is -3.00. The van der Waals surface area contributed by atoms with Gasteiger partial charge in [-0.2, -0.15) is 0 Å². The maximum absolute atomic E-state index is 13.6. The number of aromatic nitrogens is 2. The summed E-state index contributed by atoms with van der Waals surface area (Å²) in [6, 6.07) is 13.4. The summed E-state index contributed by atoms with van der Waals surface area (Å²) in [5.41, 5.74) is 1.22. The second-order valence-electron chi connectivity index (χ2n) is 5.55. The van der Waals surface area contributed by atoms with Crippen LogP contribution in [0, 0.1) is 17.6 Å². The highest BCUT2D eigenvalue weighted by Crippen LogP contribution is 2.14. The number of hydrogen-bond donors (Lipinski definition) is 1. The van der Waals surface area contributed by atoms with E-state index in [1.54, 1.807) is 12.1 Å². The summed E-state index contributed by atoms with van der Waals surface area (Å²) in [6.45, 7) is 1.87. The van der Waals surface area contributed by atoms with Gasteiger partial charge in [0.15, 0.2) is 6.61 Å². The molecule has 1 heterocycles. The van der Waals surface area contributed by atoms with Crippen LogP contribution in [0.25, 0.3) is 0 Å². The molecule has 0 saturated heterocycles. The molecule has 26 heavy (non-hydrogen) atoms. The van der Waals surface area contributed by atoms with Crippen LogP contribution in [-0.2, 0) is 17.9 Å². The minimum absolute atomic E-state index is 0.0381. The number of anilines is 1. The Balaban J connectivity index is 1.61. The topological polar surface area (TPSA) is 69.3 Å². The SMILES string of the molecule is Cc1ccc(OCc2nn(CC(=O)Nc3ccccc3F)c(=S)o2)cc1. The van der Waals surface area contributed by atoms with Crippen LogP contribution in [0.1, 0.15) is 11.5 Å². The second kappa shape index (κ2) is 7.92. The van der Waals surface area contributed by atoms with Crippen LogP contribution in [0.15, 0.2) is 52.9 Å². The number of amides is 1. The lowest BCUT2D eigenvalue weighted by atomic mass is 10.2. The number of carbonyl (C=O) groups is 1. The van der Waals surface area contributed by atoms with Crippen molar-refractivity contribution in [3.63, 3.8) is 0 Å². The first-order chi connectivity index (χ1) is 12.5. The maximum atomic E-state index is 13.6. The normalized spacial score (nSPS) is 10.5. The summed E-state index contributed by atoms with van der Waals surface area (Å²) in [5.74, 6) is -0.0693. The van der Waals surface area contributed by atoms with Crippen LogP contribution < -0.4 is 10.1 Å². The van der Waals surface area contributed by atoms with E-state index in [-0.39, 0.29) is 29.6 Å². The third-order valence-corrected chi connectivity index (χ3v) is 3.77. The predicted molar refractivity (Wildman–Crippen MR) is 95.9 cm³/mol. The van der Waals surface area contributed by atoms with Crippen LogP contribution in [-0.4, -0.2) is 15.7 Å². The lowest BCUT2D eigenvalue weighted by Gasteiger charge is -2.05. The molecule has 1 N–H and O–H groups in total. The summed E-state index contributed by atoms with van der Waals surface area (Å²) in [7, 11) is 0. The van der Waals surface area contributed by atoms with E-state index in [2.05, 4.69) is 10.4 Å². The smallest absolute Gasteiger partial charge is 0.287 e. The van der Waals surface area contributed by atoms with E-state index in [1.165, 1.54) is 16.8 Å². The van der Waals surface area contributed by atoms with Gasteiger partial charge in [0.2, 0.25) is 5.91 Å². The zero-order valence-corrected chi connectivity index (χ0v) is 14.8. The van der Waals surface area contributed by atoms with Crippen molar-refractivity contribution in [3.05, 3.63) is 70.6 Å². The molecule has 0 atom stereocenters. The summed E-state index contributed by atoms with van der Waals surface area (Å²) in [5, 5.41) is 6.58. The third kappa shape index (κ3) is 4.54. The minimum Gasteiger partial charge on any atom is -0.484 e. The molecule has 0 unspecified atom stereocenters. The number of benzene rings is 2. The number of halogens is 1. The van der Waals surface area contributed by atoms with Crippen molar-refractivity contribution in [2.45, 2.75) is 20.1 Å². The first-order valence-electron chi connectivity index (χ1n) is 7.82. The number of ether oxygens (including phenoxy) is 1. The molecule has 134 valence electrons. The Morgan fingerprint density at radius 1 is 1.27 bits per heavy atom. The molecule has 0 radical (unpaired) electrons. The predicted octanol–water partition coefficient (Wildman–Crippen LogP) is 3.87. The highest BCUT2D eigenvalue weighted by Gasteiger charge is 2.12. The van der Waals surface area contributed by atoms with Crippen molar-refractivity contribution in [1.29, 1.82) is 0 Å². The Bertz CT molecular complexity index is 966. The highest BCUT2D eigenvalue weighted by atomic mass is 32.1. The van der Waals surface area contributed by atoms with E-state index < -0.39 is 11.7 Å². The van der Waals surface area contributed by atoms with Crippen molar-refractivity contribution in [1.82, 2.24) is 9.78 Å². The van der Waals surface area contributed by atoms with Crippen LogP contribution >= 0.6 is 12.2 Å². The molecule has 0 saturated carbocycles. The molecule has 1 amide bonds. The molecule has 6 nitrogen and oxygen atoms in total. The Morgan fingerprint density at radius 3 is 2.73 bits per heavy atom. The molecule has 1 aromatic heterocycles. The zero-order valence-electron chi connectivity index (χ0n) is 13.9. The number of aryl methyl sites for hydroxylation is 1. The molecule has 0 fully saturated rings. The van der Waals surface area contributed by atoms with Gasteiger partial charge in [-0.1, -0.05) is 29.8 Å². The molecular weight excluding hydrogens is 357 g/mol. The second-order valence-corrected chi connectivity index (χ2v) is 5.90. The van der Waals surface area contributed by atoms with Crippen molar-refractivity contribution in [2.75, 3.05) is 5.32 Å². The van der Waals surface area contributed by atoms with Crippen molar-refractivity contribution < 1.29 is 18.3 Å². The molecule has 3 rings (SSSR count). The third-order valence-electron chi connectivity index (χ3n) is 3.47. The van der Waals surface area contributed by atoms with Gasteiger partial charge in [0.1, 0.15) is 18.1 Å². The fraction of sp³-hybridized carbons (Fsp3) is 0.167. The number of rotatable bonds is 6. The number of nitrogens with one attached hydrogen (secondary N) is 1. The molecule has 0 aliphatic heterocycles. The number of carbonyl (C=O) groups excluding carboxylic acids is 1. The highest BCUT2D eigenvalue weighted by molar-refractivity contribution is 7.71. The van der Waals surface area contributed by atoms with Gasteiger partial charge in [0.25, 0.3) is 10.7 Å². The maximum Gasteiger partial charge on any atom is 0.287 e. The largest absolute Gasteiger partial charge is 0.484 e. The van der Waals surface area contributed by atoms with Gasteiger partial charge in [-0.05, 0) is 43.4 Å². The first kappa shape index (κ1) is 17.8. The van der Waals surface area contributed by atoms with Gasteiger partial charge in [-0.25, -0.2) is 9.07 Å². The molecule has 3 aromatic rings. The molecule has 0 aliphatic carbocycles. The quantitative estimate of drug-likeness (QED) is 0.664. The van der Waals surface area contributed by atoms with E-state index in [0.29, 0.717) is 5.75 Å². The average Bonchev–Trinajstić information content (AvgIpc) is 2.96. The van der Waals surface area contributed by atoms with E-state index in [1.807, 2.05) is 31.2 Å². The van der Waals surface area contributed by atoms with Gasteiger partial charge < -0.3 is 14.5 Å². The first-order valence-corrected chi connectivity index (χ1v) is 8.23. The fourth-order valence-corrected chi connectivity index (χ4v) is 2.38. The molecule has 0 bridgehead atoms. The van der Waals surface area contributed by atoms with Crippen molar-refractivity contribution in [3.8, 4) is 5.75 Å². The van der Waals surface area contributed by atoms with E-state index in [9.17, 15) is 9.18 Å². The van der Waals surface area contributed by atoms with Gasteiger partial charge in [0, 0.05) is 0 Å². The van der Waals surface area contributed by atoms with Crippen LogP contribution in [0.4, 0.5) is 10.1 Å². The van der Waals surface area contributed by atoms with E-state index >= 15 is 0 Å². The molecule has 0 spiro atoms. The van der Waals surface area contributed by atoms with Gasteiger partial charge in [0.05, 0.1) is 5.69 Å². The number of para-hydroxylation sites is 1. The Kier molecular flexibility index (Phi) is 5.43. The van der Waals surface area contributed by atoms with Gasteiger partial charge >= 0.3 is 0 Å². The van der Waals surface area contributed by atoms with E-state index in [0.717, 1.165) is 5.56 Å². The summed E-state index contributed by atoms with van der Waals surface area (Å²) >= 11 is 5.05. The Morgan fingerprint density at radius 2 is 2.00 bits per heavy atom. The monoisotopic (exact) mass is 373 g/mol. The van der Waals surface area contributed by atoms with Crippen molar-refractivity contribution >= 4 is 23.8 Å². The van der Waals surface area contributed by atoms with Crippen molar-refractivity contribution in [2.24, 2.45) is 0 Å². The summed E-state index contributed by atoms with van der Waals surface area (Å²) in [4.78, 5) is 12.1. The summed E-state index contributed by atoms with van der Waals surface area (Å²) < 4.78 is 25.7. The van der Waals surface area contributed by atoms with Crippen LogP contribution in [0.3, 0.4) is 0 Å². The fourth-order valence-electron chi connectivity index (χ4n) is 2.18. The Labute approximate surface area is 154 Å². The molecule has 8 heteroatoms. The van der Waals surface area contributed by atoms with E-state index in [4.69, 9.17) is 21.4 Å². The lowest BCUT2D eigenvalue weighted by Crippen LogP contribution is -2.20. The lowest BCUT2D eigenvalue weighted by molar-refractivity contribution is -0.117. The summed E-state index contributed by atoms with van der Waals surface area (Å²) in [6.07, 6.45) is 0. The minimum atomic E-state index is -0.517. The zero-order chi connectivity index (χ0) is 18.5. The number of nitrogens with zero attached hydrogens (tertiary/aromatic N) is 2. The molecule has 0 aliphatic rings. The molecule has 2 aromatic carbocycles. The van der Waals surface area contributed by atoms with Crippen LogP contribution in [0.5, 0.6) is 5.75 Å². The average molecular weight is 373 g/mol.